The highest BCUT2D eigenvalue weighted by atomic mass is 32.2. The van der Waals surface area contributed by atoms with E-state index in [4.69, 9.17) is 0 Å². The van der Waals surface area contributed by atoms with E-state index < -0.39 is 10.0 Å². The molecular weight excluding hydrogens is 352 g/mol. The molecule has 4 rings (SSSR count). The maximum Gasteiger partial charge on any atom is 0.224 e. The lowest BCUT2D eigenvalue weighted by atomic mass is 10.1. The largest absolute Gasteiger partial charge is 0.350 e. The molecule has 1 aliphatic carbocycles. The molecule has 1 N–H and O–H groups in total. The third kappa shape index (κ3) is 3.52. The minimum atomic E-state index is -3.20. The fourth-order valence-corrected chi connectivity index (χ4v) is 4.31. The second-order valence-corrected chi connectivity index (χ2v) is 9.01. The molecule has 26 heavy (non-hydrogen) atoms. The molecule has 1 aromatic heterocycles. The molecule has 0 saturated heterocycles. The summed E-state index contributed by atoms with van der Waals surface area (Å²) >= 11 is 0. The van der Waals surface area contributed by atoms with Gasteiger partial charge < -0.3 is 5.32 Å². The van der Waals surface area contributed by atoms with Gasteiger partial charge in [0.25, 0.3) is 0 Å². The van der Waals surface area contributed by atoms with Crippen molar-refractivity contribution in [2.75, 3.05) is 12.8 Å². The van der Waals surface area contributed by atoms with Crippen LogP contribution >= 0.6 is 0 Å². The van der Waals surface area contributed by atoms with E-state index in [1.807, 2.05) is 28.9 Å². The second-order valence-electron chi connectivity index (χ2n) is 7.02. The smallest absolute Gasteiger partial charge is 0.224 e. The number of amides is 1. The molecule has 0 spiro atoms. The van der Waals surface area contributed by atoms with Crippen LogP contribution in [0.1, 0.15) is 29.3 Å². The number of fused-ring (bicyclic) bond motifs is 1. The predicted octanol–water partition coefficient (Wildman–Crippen LogP) is 1.08. The van der Waals surface area contributed by atoms with E-state index in [9.17, 15) is 13.2 Å². The zero-order chi connectivity index (χ0) is 18.3. The standard InChI is InChI=1S/C18H22N4O3S/c1-26(24,25)21-7-8-22-15(12-21)9-14(20-22)11-19-18(23)17-10-16(17)13-5-3-2-4-6-13/h2-6,9,16-17H,7-8,10-12H2,1H3,(H,19,23). The highest BCUT2D eigenvalue weighted by Crippen LogP contribution is 2.47. The maximum atomic E-state index is 12.4. The van der Waals surface area contributed by atoms with E-state index in [0.29, 0.717) is 32.1 Å². The van der Waals surface area contributed by atoms with Crippen molar-refractivity contribution in [2.45, 2.75) is 32.0 Å². The molecule has 0 bridgehead atoms. The SMILES string of the molecule is CS(=O)(=O)N1CCn2nc(CNC(=O)C3CC3c3ccccc3)cc2C1. The number of hydrogen-bond acceptors (Lipinski definition) is 4. The van der Waals surface area contributed by atoms with Gasteiger partial charge in [-0.1, -0.05) is 30.3 Å². The fourth-order valence-electron chi connectivity index (χ4n) is 3.53. The van der Waals surface area contributed by atoms with Crippen molar-refractivity contribution >= 4 is 15.9 Å². The van der Waals surface area contributed by atoms with Gasteiger partial charge in [-0.2, -0.15) is 9.40 Å². The fraction of sp³-hybridized carbons (Fsp3) is 0.444. The van der Waals surface area contributed by atoms with Gasteiger partial charge in [-0.15, -0.1) is 0 Å². The van der Waals surface area contributed by atoms with Crippen molar-refractivity contribution in [1.29, 1.82) is 0 Å². The van der Waals surface area contributed by atoms with Crippen LogP contribution in [-0.4, -0.2) is 41.2 Å². The number of carbonyl (C=O) groups is 1. The van der Waals surface area contributed by atoms with Crippen molar-refractivity contribution in [1.82, 2.24) is 19.4 Å². The summed E-state index contributed by atoms with van der Waals surface area (Å²) in [5, 5.41) is 7.44. The van der Waals surface area contributed by atoms with Gasteiger partial charge in [-0.3, -0.25) is 9.48 Å². The zero-order valence-electron chi connectivity index (χ0n) is 14.6. The molecule has 0 radical (unpaired) electrons. The summed E-state index contributed by atoms with van der Waals surface area (Å²) in [6.45, 7) is 1.67. The normalized spacial score (nSPS) is 22.7. The Kier molecular flexibility index (Phi) is 4.32. The van der Waals surface area contributed by atoms with Gasteiger partial charge >= 0.3 is 0 Å². The van der Waals surface area contributed by atoms with Crippen molar-refractivity contribution in [3.05, 3.63) is 53.3 Å². The lowest BCUT2D eigenvalue weighted by molar-refractivity contribution is -0.122. The first-order valence-electron chi connectivity index (χ1n) is 8.75. The Bertz CT molecular complexity index is 923. The van der Waals surface area contributed by atoms with Crippen LogP contribution in [0, 0.1) is 5.92 Å². The van der Waals surface area contributed by atoms with Crippen LogP contribution < -0.4 is 5.32 Å². The minimum Gasteiger partial charge on any atom is -0.350 e. The van der Waals surface area contributed by atoms with E-state index in [2.05, 4.69) is 22.5 Å². The second kappa shape index (κ2) is 6.51. The molecule has 1 amide bonds. The Morgan fingerprint density at radius 3 is 2.77 bits per heavy atom. The molecule has 2 aliphatic rings. The summed E-state index contributed by atoms with van der Waals surface area (Å²) in [5.74, 6) is 0.410. The van der Waals surface area contributed by atoms with Crippen LogP contribution in [0.5, 0.6) is 0 Å². The predicted molar refractivity (Wildman–Crippen MR) is 96.6 cm³/mol. The van der Waals surface area contributed by atoms with Gasteiger partial charge in [0, 0.05) is 12.5 Å². The van der Waals surface area contributed by atoms with Crippen LogP contribution in [0.2, 0.25) is 0 Å². The molecule has 2 heterocycles. The molecule has 1 saturated carbocycles. The van der Waals surface area contributed by atoms with Gasteiger partial charge in [0.15, 0.2) is 0 Å². The Balaban J connectivity index is 1.34. The van der Waals surface area contributed by atoms with Crippen LogP contribution in [0.3, 0.4) is 0 Å². The highest BCUT2D eigenvalue weighted by Gasteiger charge is 2.43. The summed E-state index contributed by atoms with van der Waals surface area (Å²) < 4.78 is 26.6. The monoisotopic (exact) mass is 374 g/mol. The van der Waals surface area contributed by atoms with Crippen molar-refractivity contribution in [3.8, 4) is 0 Å². The number of rotatable bonds is 5. The average Bonchev–Trinajstić information content (AvgIpc) is 3.31. The van der Waals surface area contributed by atoms with Gasteiger partial charge in [0.1, 0.15) is 0 Å². The number of carbonyl (C=O) groups excluding carboxylic acids is 1. The van der Waals surface area contributed by atoms with E-state index in [-0.39, 0.29) is 11.8 Å². The Morgan fingerprint density at radius 2 is 2.04 bits per heavy atom. The van der Waals surface area contributed by atoms with Gasteiger partial charge in [-0.05, 0) is 24.0 Å². The van der Waals surface area contributed by atoms with E-state index in [1.54, 1.807) is 0 Å². The lowest BCUT2D eigenvalue weighted by Crippen LogP contribution is -2.37. The van der Waals surface area contributed by atoms with Gasteiger partial charge in [0.2, 0.25) is 15.9 Å². The topological polar surface area (TPSA) is 84.3 Å². The molecular formula is C18H22N4O3S. The first-order chi connectivity index (χ1) is 12.4. The molecule has 2 atom stereocenters. The molecule has 7 nitrogen and oxygen atoms in total. The lowest BCUT2D eigenvalue weighted by Gasteiger charge is -2.25. The summed E-state index contributed by atoms with van der Waals surface area (Å²) in [7, 11) is -3.20. The van der Waals surface area contributed by atoms with Crippen LogP contribution in [0.15, 0.2) is 36.4 Å². The van der Waals surface area contributed by atoms with Crippen molar-refractivity contribution < 1.29 is 13.2 Å². The Labute approximate surface area is 153 Å². The summed E-state index contributed by atoms with van der Waals surface area (Å²) in [6.07, 6.45) is 2.11. The molecule has 138 valence electrons. The zero-order valence-corrected chi connectivity index (χ0v) is 15.4. The summed E-state index contributed by atoms with van der Waals surface area (Å²) in [4.78, 5) is 12.4. The third-order valence-corrected chi connectivity index (χ3v) is 6.33. The van der Waals surface area contributed by atoms with Crippen LogP contribution in [0.25, 0.3) is 0 Å². The number of benzene rings is 1. The number of sulfonamides is 1. The number of aromatic nitrogens is 2. The molecule has 2 aromatic rings. The quantitative estimate of drug-likeness (QED) is 0.849. The van der Waals surface area contributed by atoms with Gasteiger partial charge in [-0.25, -0.2) is 8.42 Å². The van der Waals surface area contributed by atoms with E-state index in [0.717, 1.165) is 17.8 Å². The summed E-state index contributed by atoms with van der Waals surface area (Å²) in [6, 6.07) is 12.0. The third-order valence-electron chi connectivity index (χ3n) is 5.08. The number of nitrogens with zero attached hydrogens (tertiary/aromatic N) is 3. The van der Waals surface area contributed by atoms with E-state index in [1.165, 1.54) is 16.1 Å². The first-order valence-corrected chi connectivity index (χ1v) is 10.6. The van der Waals surface area contributed by atoms with Gasteiger partial charge in [0.05, 0.1) is 37.3 Å². The molecule has 1 aromatic carbocycles. The number of hydrogen-bond donors (Lipinski definition) is 1. The minimum absolute atomic E-state index is 0.0374. The molecule has 8 heteroatoms. The molecule has 1 aliphatic heterocycles. The number of nitrogens with one attached hydrogen (secondary N) is 1. The summed E-state index contributed by atoms with van der Waals surface area (Å²) in [5.41, 5.74) is 2.84. The molecule has 2 unspecified atom stereocenters. The van der Waals surface area contributed by atoms with Crippen molar-refractivity contribution in [3.63, 3.8) is 0 Å². The average molecular weight is 374 g/mol. The van der Waals surface area contributed by atoms with E-state index >= 15 is 0 Å². The van der Waals surface area contributed by atoms with Crippen molar-refractivity contribution in [2.24, 2.45) is 5.92 Å². The Hall–Kier alpha value is -2.19. The highest BCUT2D eigenvalue weighted by molar-refractivity contribution is 7.88. The Morgan fingerprint density at radius 1 is 1.27 bits per heavy atom. The molecule has 1 fully saturated rings. The van der Waals surface area contributed by atoms with Crippen LogP contribution in [-0.2, 0) is 34.5 Å². The first kappa shape index (κ1) is 17.2. The maximum absolute atomic E-state index is 12.4. The van der Waals surface area contributed by atoms with Crippen LogP contribution in [0.4, 0.5) is 0 Å².